The Hall–Kier alpha value is -1.30. The Balaban J connectivity index is 2.81. The van der Waals surface area contributed by atoms with E-state index in [0.29, 0.717) is 6.07 Å². The molecule has 0 bridgehead atoms. The number of hydrogen-bond acceptors (Lipinski definition) is 4. The molecule has 0 saturated carbocycles. The van der Waals surface area contributed by atoms with E-state index in [2.05, 4.69) is 0 Å². The van der Waals surface area contributed by atoms with Crippen LogP contribution in [0.3, 0.4) is 0 Å². The zero-order chi connectivity index (χ0) is 13.0. The van der Waals surface area contributed by atoms with E-state index in [1.54, 1.807) is 13.8 Å². The lowest BCUT2D eigenvalue weighted by Crippen LogP contribution is -2.16. The smallest absolute Gasteiger partial charge is 0.319 e. The topological polar surface area (TPSA) is 52.3 Å². The quantitative estimate of drug-likeness (QED) is 0.514. The molecule has 0 aliphatic rings. The first-order valence-corrected chi connectivity index (χ1v) is 5.91. The van der Waals surface area contributed by atoms with Gasteiger partial charge in [-0.25, -0.2) is 8.78 Å². The highest BCUT2D eigenvalue weighted by atomic mass is 32.2. The number of rotatable bonds is 4. The van der Waals surface area contributed by atoms with Crippen LogP contribution in [0, 0.1) is 11.6 Å². The summed E-state index contributed by atoms with van der Waals surface area (Å²) in [5.74, 6) is -1.99. The lowest BCUT2D eigenvalue weighted by molar-refractivity contribution is -0.142. The van der Waals surface area contributed by atoms with Gasteiger partial charge in [-0.15, -0.1) is 11.8 Å². The van der Waals surface area contributed by atoms with Crippen LogP contribution >= 0.6 is 11.8 Å². The third-order valence-corrected chi connectivity index (χ3v) is 3.09. The molecule has 1 aromatic rings. The van der Waals surface area contributed by atoms with Gasteiger partial charge in [0.15, 0.2) is 0 Å². The maximum Gasteiger partial charge on any atom is 0.319 e. The van der Waals surface area contributed by atoms with Crippen LogP contribution in [0.4, 0.5) is 14.5 Å². The van der Waals surface area contributed by atoms with Crippen LogP contribution in [0.2, 0.25) is 0 Å². The normalized spacial score (nSPS) is 12.2. The van der Waals surface area contributed by atoms with Gasteiger partial charge in [-0.05, 0) is 19.9 Å². The molecule has 0 amide bonds. The average Bonchev–Trinajstić information content (AvgIpc) is 2.26. The largest absolute Gasteiger partial charge is 0.465 e. The van der Waals surface area contributed by atoms with Gasteiger partial charge in [0.1, 0.15) is 16.9 Å². The SMILES string of the molecule is CCOC(=O)C(C)Sc1cc(N)c(F)cc1F. The fourth-order valence-corrected chi connectivity index (χ4v) is 2.05. The van der Waals surface area contributed by atoms with Gasteiger partial charge in [0.05, 0.1) is 12.3 Å². The first kappa shape index (κ1) is 13.8. The summed E-state index contributed by atoms with van der Waals surface area (Å²) in [6.07, 6.45) is 0. The minimum atomic E-state index is -0.810. The van der Waals surface area contributed by atoms with Gasteiger partial charge < -0.3 is 10.5 Å². The second kappa shape index (κ2) is 5.86. The van der Waals surface area contributed by atoms with E-state index in [1.807, 2.05) is 0 Å². The number of thioether (sulfide) groups is 1. The fraction of sp³-hybridized carbons (Fsp3) is 0.364. The van der Waals surface area contributed by atoms with Crippen LogP contribution in [0.5, 0.6) is 0 Å². The average molecular weight is 261 g/mol. The number of anilines is 1. The first-order valence-electron chi connectivity index (χ1n) is 5.03. The highest BCUT2D eigenvalue weighted by Crippen LogP contribution is 2.29. The highest BCUT2D eigenvalue weighted by molar-refractivity contribution is 8.00. The number of nitrogens with two attached hydrogens (primary N) is 1. The number of carbonyl (C=O) groups is 1. The van der Waals surface area contributed by atoms with Gasteiger partial charge in [0.25, 0.3) is 0 Å². The van der Waals surface area contributed by atoms with E-state index in [0.717, 1.165) is 11.8 Å². The van der Waals surface area contributed by atoms with Crippen LogP contribution in [-0.4, -0.2) is 17.8 Å². The molecule has 0 heterocycles. The molecule has 1 aromatic carbocycles. The summed E-state index contributed by atoms with van der Waals surface area (Å²) >= 11 is 0.945. The number of ether oxygens (including phenoxy) is 1. The van der Waals surface area contributed by atoms with Crippen molar-refractivity contribution in [1.29, 1.82) is 0 Å². The molecule has 1 rings (SSSR count). The Labute approximate surface area is 102 Å². The van der Waals surface area contributed by atoms with Crippen LogP contribution in [-0.2, 0) is 9.53 Å². The third kappa shape index (κ3) is 3.59. The summed E-state index contributed by atoms with van der Waals surface area (Å²) in [6, 6.07) is 1.88. The molecule has 0 aliphatic carbocycles. The van der Waals surface area contributed by atoms with Crippen molar-refractivity contribution in [3.05, 3.63) is 23.8 Å². The molecule has 1 atom stereocenters. The molecule has 0 fully saturated rings. The fourth-order valence-electron chi connectivity index (χ4n) is 1.13. The van der Waals surface area contributed by atoms with E-state index in [4.69, 9.17) is 10.5 Å². The van der Waals surface area contributed by atoms with Crippen molar-refractivity contribution in [2.75, 3.05) is 12.3 Å². The second-order valence-electron chi connectivity index (χ2n) is 3.32. The van der Waals surface area contributed by atoms with E-state index in [-0.39, 0.29) is 17.2 Å². The maximum absolute atomic E-state index is 13.4. The van der Waals surface area contributed by atoms with Gasteiger partial charge in [-0.3, -0.25) is 4.79 Å². The summed E-state index contributed by atoms with van der Waals surface area (Å²) in [5, 5.41) is -0.575. The van der Waals surface area contributed by atoms with Gasteiger partial charge >= 0.3 is 5.97 Å². The Kier molecular flexibility index (Phi) is 4.74. The predicted molar refractivity (Wildman–Crippen MR) is 62.7 cm³/mol. The Morgan fingerprint density at radius 2 is 2.12 bits per heavy atom. The zero-order valence-corrected chi connectivity index (χ0v) is 10.3. The summed E-state index contributed by atoms with van der Waals surface area (Å²) in [4.78, 5) is 11.5. The Morgan fingerprint density at radius 3 is 2.71 bits per heavy atom. The van der Waals surface area contributed by atoms with E-state index >= 15 is 0 Å². The van der Waals surface area contributed by atoms with Crippen molar-refractivity contribution in [2.24, 2.45) is 0 Å². The molecule has 0 spiro atoms. The molecule has 2 N–H and O–H groups in total. The van der Waals surface area contributed by atoms with Crippen molar-refractivity contribution in [3.8, 4) is 0 Å². The Morgan fingerprint density at radius 1 is 1.47 bits per heavy atom. The molecular weight excluding hydrogens is 248 g/mol. The number of halogens is 2. The molecule has 1 unspecified atom stereocenters. The molecule has 0 radical (unpaired) electrons. The monoisotopic (exact) mass is 261 g/mol. The van der Waals surface area contributed by atoms with E-state index in [1.165, 1.54) is 6.07 Å². The van der Waals surface area contributed by atoms with Crippen LogP contribution < -0.4 is 5.73 Å². The number of hydrogen-bond donors (Lipinski definition) is 1. The second-order valence-corrected chi connectivity index (χ2v) is 4.70. The molecule has 94 valence electrons. The number of nitrogen functional groups attached to an aromatic ring is 1. The van der Waals surface area contributed by atoms with Gasteiger partial charge in [0.2, 0.25) is 0 Å². The summed E-state index contributed by atoms with van der Waals surface area (Å²) in [6.45, 7) is 3.53. The zero-order valence-electron chi connectivity index (χ0n) is 9.50. The maximum atomic E-state index is 13.4. The Bertz CT molecular complexity index is 426. The van der Waals surface area contributed by atoms with Gasteiger partial charge in [-0.1, -0.05) is 0 Å². The number of benzene rings is 1. The standard InChI is InChI=1S/C11H13F2NO2S/c1-3-16-11(15)6(2)17-10-5-9(14)7(12)4-8(10)13/h4-6H,3,14H2,1-2H3. The minimum absolute atomic E-state index is 0.129. The number of esters is 1. The molecule has 17 heavy (non-hydrogen) atoms. The molecule has 3 nitrogen and oxygen atoms in total. The molecule has 0 saturated heterocycles. The molecular formula is C11H13F2NO2S. The van der Waals surface area contributed by atoms with Crippen LogP contribution in [0.15, 0.2) is 17.0 Å². The number of carbonyl (C=O) groups excluding carboxylic acids is 1. The molecule has 6 heteroatoms. The van der Waals surface area contributed by atoms with Crippen molar-refractivity contribution in [2.45, 2.75) is 24.0 Å². The molecule has 0 aliphatic heterocycles. The lowest BCUT2D eigenvalue weighted by Gasteiger charge is -2.11. The third-order valence-electron chi connectivity index (χ3n) is 1.97. The minimum Gasteiger partial charge on any atom is -0.465 e. The summed E-state index contributed by atoms with van der Waals surface area (Å²) in [7, 11) is 0. The van der Waals surface area contributed by atoms with Crippen molar-refractivity contribution < 1.29 is 18.3 Å². The summed E-state index contributed by atoms with van der Waals surface area (Å²) < 4.78 is 31.1. The first-order chi connectivity index (χ1) is 7.95. The van der Waals surface area contributed by atoms with E-state index in [9.17, 15) is 13.6 Å². The highest BCUT2D eigenvalue weighted by Gasteiger charge is 2.18. The van der Waals surface area contributed by atoms with Crippen LogP contribution in [0.1, 0.15) is 13.8 Å². The predicted octanol–water partition coefficient (Wildman–Crippen LogP) is 2.59. The lowest BCUT2D eigenvalue weighted by atomic mass is 10.3. The van der Waals surface area contributed by atoms with Crippen molar-refractivity contribution in [3.63, 3.8) is 0 Å². The summed E-state index contributed by atoms with van der Waals surface area (Å²) in [5.41, 5.74) is 5.18. The molecule has 0 aromatic heterocycles. The van der Waals surface area contributed by atoms with E-state index < -0.39 is 22.9 Å². The van der Waals surface area contributed by atoms with Gasteiger partial charge in [0, 0.05) is 11.0 Å². The van der Waals surface area contributed by atoms with Crippen LogP contribution in [0.25, 0.3) is 0 Å². The van der Waals surface area contributed by atoms with Gasteiger partial charge in [-0.2, -0.15) is 0 Å². The van der Waals surface area contributed by atoms with Crippen molar-refractivity contribution >= 4 is 23.4 Å². The van der Waals surface area contributed by atoms with Crippen molar-refractivity contribution in [1.82, 2.24) is 0 Å².